The molecule has 1 fully saturated rings. The molecule has 0 radical (unpaired) electrons. The monoisotopic (exact) mass is 426 g/mol. The van der Waals surface area contributed by atoms with Gasteiger partial charge in [-0.15, -0.1) is 0 Å². The van der Waals surface area contributed by atoms with Crippen LogP contribution in [0.1, 0.15) is 25.7 Å². The predicted molar refractivity (Wildman–Crippen MR) is 111 cm³/mol. The normalized spacial score (nSPS) is 14.3. The topological polar surface area (TPSA) is 49.8 Å². The summed E-state index contributed by atoms with van der Waals surface area (Å²) in [6, 6.07) is 17.1. The number of hydrogen-bond acceptors (Lipinski definition) is 4. The average molecular weight is 427 g/mol. The molecule has 4 nitrogen and oxygen atoms in total. The maximum absolute atomic E-state index is 14.2. The van der Waals surface area contributed by atoms with E-state index in [1.807, 2.05) is 36.4 Å². The van der Waals surface area contributed by atoms with Gasteiger partial charge in [0, 0.05) is 22.1 Å². The summed E-state index contributed by atoms with van der Waals surface area (Å²) in [5, 5.41) is 6.53. The van der Waals surface area contributed by atoms with Gasteiger partial charge in [-0.3, -0.25) is 0 Å². The fourth-order valence-corrected chi connectivity index (χ4v) is 3.65. The van der Waals surface area contributed by atoms with Crippen LogP contribution in [0, 0.1) is 5.82 Å². The second kappa shape index (κ2) is 8.05. The first-order valence-corrected chi connectivity index (χ1v) is 9.90. The maximum Gasteiger partial charge on any atom is 0.225 e. The van der Waals surface area contributed by atoms with Crippen LogP contribution in [0.2, 0.25) is 0 Å². The Bertz CT molecular complexity index is 927. The zero-order chi connectivity index (χ0) is 18.6. The van der Waals surface area contributed by atoms with E-state index in [1.165, 1.54) is 18.9 Å². The van der Waals surface area contributed by atoms with Crippen LogP contribution in [-0.4, -0.2) is 16.0 Å². The molecule has 0 spiro atoms. The number of hydrogen-bond donors (Lipinski definition) is 2. The third-order valence-corrected chi connectivity index (χ3v) is 5.17. The highest BCUT2D eigenvalue weighted by Gasteiger charge is 2.17. The van der Waals surface area contributed by atoms with Gasteiger partial charge >= 0.3 is 0 Å². The van der Waals surface area contributed by atoms with Crippen molar-refractivity contribution in [1.29, 1.82) is 0 Å². The highest BCUT2D eigenvalue weighted by atomic mass is 79.9. The first-order valence-electron chi connectivity index (χ1n) is 9.10. The van der Waals surface area contributed by atoms with E-state index in [0.717, 1.165) is 24.1 Å². The molecular weight excluding hydrogens is 407 g/mol. The predicted octanol–water partition coefficient (Wildman–Crippen LogP) is 6.14. The SMILES string of the molecule is Fc1cc(Br)ccc1Nc1cc(-c2ccccc2)nc(NC2CCCC2)n1. The lowest BCUT2D eigenvalue weighted by Gasteiger charge is -2.15. The van der Waals surface area contributed by atoms with Crippen LogP contribution in [0.3, 0.4) is 0 Å². The molecule has 1 saturated carbocycles. The summed E-state index contributed by atoms with van der Waals surface area (Å²) in [6.07, 6.45) is 4.71. The van der Waals surface area contributed by atoms with Crippen molar-refractivity contribution in [3.63, 3.8) is 0 Å². The van der Waals surface area contributed by atoms with Crippen LogP contribution in [0.5, 0.6) is 0 Å². The van der Waals surface area contributed by atoms with Crippen molar-refractivity contribution < 1.29 is 4.39 Å². The van der Waals surface area contributed by atoms with Gasteiger partial charge in [0.05, 0.1) is 11.4 Å². The van der Waals surface area contributed by atoms with E-state index in [4.69, 9.17) is 0 Å². The molecule has 2 aromatic carbocycles. The first kappa shape index (κ1) is 17.9. The molecule has 1 aliphatic rings. The van der Waals surface area contributed by atoms with E-state index < -0.39 is 0 Å². The molecule has 0 atom stereocenters. The lowest BCUT2D eigenvalue weighted by molar-refractivity contribution is 0.631. The summed E-state index contributed by atoms with van der Waals surface area (Å²) in [7, 11) is 0. The molecule has 3 aromatic rings. The second-order valence-corrected chi connectivity index (χ2v) is 7.62. The number of halogens is 2. The van der Waals surface area contributed by atoms with Crippen LogP contribution >= 0.6 is 15.9 Å². The molecule has 1 aromatic heterocycles. The van der Waals surface area contributed by atoms with Crippen molar-refractivity contribution in [3.05, 3.63) is 64.9 Å². The second-order valence-electron chi connectivity index (χ2n) is 6.70. The number of aromatic nitrogens is 2. The summed E-state index contributed by atoms with van der Waals surface area (Å²) in [6.45, 7) is 0. The Kier molecular flexibility index (Phi) is 5.34. The third-order valence-electron chi connectivity index (χ3n) is 4.68. The number of nitrogens with one attached hydrogen (secondary N) is 2. The largest absolute Gasteiger partial charge is 0.351 e. The van der Waals surface area contributed by atoms with Crippen LogP contribution in [0.4, 0.5) is 21.8 Å². The Morgan fingerprint density at radius 3 is 2.48 bits per heavy atom. The van der Waals surface area contributed by atoms with E-state index in [0.29, 0.717) is 28.0 Å². The highest BCUT2D eigenvalue weighted by Crippen LogP contribution is 2.27. The van der Waals surface area contributed by atoms with E-state index in [9.17, 15) is 4.39 Å². The fourth-order valence-electron chi connectivity index (χ4n) is 3.31. The standard InChI is InChI=1S/C21H20BrFN4/c22-15-10-11-18(17(23)12-15)25-20-13-19(14-6-2-1-3-7-14)26-21(27-20)24-16-8-4-5-9-16/h1-3,6-7,10-13,16H,4-5,8-9H2,(H2,24,25,26,27). The smallest absolute Gasteiger partial charge is 0.225 e. The van der Waals surface area contributed by atoms with Crippen molar-refractivity contribution in [2.24, 2.45) is 0 Å². The quantitative estimate of drug-likeness (QED) is 0.513. The Morgan fingerprint density at radius 1 is 0.963 bits per heavy atom. The summed E-state index contributed by atoms with van der Waals surface area (Å²) in [5.74, 6) is 0.795. The van der Waals surface area contributed by atoms with Gasteiger partial charge in [-0.25, -0.2) is 9.37 Å². The first-order chi connectivity index (χ1) is 13.2. The average Bonchev–Trinajstić information content (AvgIpc) is 3.18. The van der Waals surface area contributed by atoms with Crippen molar-refractivity contribution in [2.75, 3.05) is 10.6 Å². The zero-order valence-corrected chi connectivity index (χ0v) is 16.3. The van der Waals surface area contributed by atoms with Gasteiger partial charge in [-0.05, 0) is 31.0 Å². The Balaban J connectivity index is 1.68. The van der Waals surface area contributed by atoms with Crippen molar-refractivity contribution >= 4 is 33.4 Å². The summed E-state index contributed by atoms with van der Waals surface area (Å²) >= 11 is 3.28. The molecule has 138 valence electrons. The van der Waals surface area contributed by atoms with Crippen molar-refractivity contribution in [3.8, 4) is 11.3 Å². The minimum atomic E-state index is -0.338. The van der Waals surface area contributed by atoms with Crippen LogP contribution < -0.4 is 10.6 Å². The van der Waals surface area contributed by atoms with E-state index >= 15 is 0 Å². The molecule has 1 aliphatic carbocycles. The number of nitrogens with zero attached hydrogens (tertiary/aromatic N) is 2. The summed E-state index contributed by atoms with van der Waals surface area (Å²) in [4.78, 5) is 9.25. The van der Waals surface area contributed by atoms with Crippen molar-refractivity contribution in [1.82, 2.24) is 9.97 Å². The molecule has 0 amide bonds. The molecule has 0 unspecified atom stereocenters. The molecule has 6 heteroatoms. The van der Waals surface area contributed by atoms with Gasteiger partial charge in [0.2, 0.25) is 5.95 Å². The van der Waals surface area contributed by atoms with E-state index in [1.54, 1.807) is 12.1 Å². The van der Waals surface area contributed by atoms with Gasteiger partial charge in [0.25, 0.3) is 0 Å². The lowest BCUT2D eigenvalue weighted by atomic mass is 10.1. The summed E-state index contributed by atoms with van der Waals surface area (Å²) in [5.41, 5.74) is 2.17. The van der Waals surface area contributed by atoms with Crippen LogP contribution in [0.25, 0.3) is 11.3 Å². The Hall–Kier alpha value is -2.47. The Labute approximate surface area is 166 Å². The maximum atomic E-state index is 14.2. The Morgan fingerprint density at radius 2 is 1.74 bits per heavy atom. The molecule has 0 saturated heterocycles. The van der Waals surface area contributed by atoms with Crippen LogP contribution in [-0.2, 0) is 0 Å². The molecule has 1 heterocycles. The lowest BCUT2D eigenvalue weighted by Crippen LogP contribution is -2.17. The third kappa shape index (κ3) is 4.45. The number of benzene rings is 2. The minimum Gasteiger partial charge on any atom is -0.351 e. The fraction of sp³-hybridized carbons (Fsp3) is 0.238. The molecule has 2 N–H and O–H groups in total. The van der Waals surface area contributed by atoms with Gasteiger partial charge < -0.3 is 10.6 Å². The van der Waals surface area contributed by atoms with E-state index in [2.05, 4.69) is 36.5 Å². The number of rotatable bonds is 5. The van der Waals surface area contributed by atoms with Gasteiger partial charge in [0.1, 0.15) is 11.6 Å². The number of anilines is 3. The summed E-state index contributed by atoms with van der Waals surface area (Å²) < 4.78 is 14.9. The van der Waals surface area contributed by atoms with Gasteiger partial charge in [-0.2, -0.15) is 4.98 Å². The van der Waals surface area contributed by atoms with Gasteiger partial charge in [-0.1, -0.05) is 59.1 Å². The molecule has 0 bridgehead atoms. The van der Waals surface area contributed by atoms with Crippen LogP contribution in [0.15, 0.2) is 59.1 Å². The molecule has 27 heavy (non-hydrogen) atoms. The van der Waals surface area contributed by atoms with E-state index in [-0.39, 0.29) is 5.82 Å². The highest BCUT2D eigenvalue weighted by molar-refractivity contribution is 9.10. The van der Waals surface area contributed by atoms with Gasteiger partial charge in [0.15, 0.2) is 0 Å². The molecule has 0 aliphatic heterocycles. The zero-order valence-electron chi connectivity index (χ0n) is 14.8. The minimum absolute atomic E-state index is 0.338. The molecular formula is C21H20BrFN4. The molecule has 4 rings (SSSR count). The van der Waals surface area contributed by atoms with Crippen molar-refractivity contribution in [2.45, 2.75) is 31.7 Å².